The summed E-state index contributed by atoms with van der Waals surface area (Å²) in [6.07, 6.45) is 5.94. The van der Waals surface area contributed by atoms with Gasteiger partial charge in [-0.25, -0.2) is 4.98 Å². The van der Waals surface area contributed by atoms with Crippen LogP contribution in [0.15, 0.2) is 37.4 Å². The number of nitrogens with one attached hydrogen (secondary N) is 1. The van der Waals surface area contributed by atoms with Crippen LogP contribution < -0.4 is 10.2 Å². The van der Waals surface area contributed by atoms with Crippen LogP contribution >= 0.6 is 0 Å². The summed E-state index contributed by atoms with van der Waals surface area (Å²) in [6, 6.07) is 4.37. The van der Waals surface area contributed by atoms with Gasteiger partial charge in [0.05, 0.1) is 0 Å². The van der Waals surface area contributed by atoms with Crippen molar-refractivity contribution >= 4 is 5.82 Å². The van der Waals surface area contributed by atoms with Crippen molar-refractivity contribution in [3.63, 3.8) is 0 Å². The molecule has 0 radical (unpaired) electrons. The highest BCUT2D eigenvalue weighted by Gasteiger charge is 2.08. The zero-order valence-corrected chi connectivity index (χ0v) is 12.9. The molecule has 0 aromatic carbocycles. The summed E-state index contributed by atoms with van der Waals surface area (Å²) in [7, 11) is 0. The molecule has 0 aliphatic rings. The first-order valence-electron chi connectivity index (χ1n) is 7.42. The smallest absolute Gasteiger partial charge is 0.129 e. The van der Waals surface area contributed by atoms with Crippen molar-refractivity contribution in [2.24, 2.45) is 0 Å². The molecule has 1 aromatic heterocycles. The third kappa shape index (κ3) is 5.17. The van der Waals surface area contributed by atoms with Crippen LogP contribution in [0, 0.1) is 0 Å². The van der Waals surface area contributed by atoms with Crippen LogP contribution in [0.1, 0.15) is 31.5 Å². The van der Waals surface area contributed by atoms with Gasteiger partial charge in [-0.3, -0.25) is 0 Å². The Morgan fingerprint density at radius 3 is 2.45 bits per heavy atom. The Balaban J connectivity index is 3.03. The molecule has 0 saturated carbocycles. The fourth-order valence-electron chi connectivity index (χ4n) is 2.12. The quantitative estimate of drug-likeness (QED) is 0.663. The molecular formula is C17H27N3. The molecule has 1 rings (SSSR count). The van der Waals surface area contributed by atoms with E-state index in [-0.39, 0.29) is 0 Å². The van der Waals surface area contributed by atoms with Gasteiger partial charge >= 0.3 is 0 Å². The summed E-state index contributed by atoms with van der Waals surface area (Å²) >= 11 is 0. The molecule has 0 amide bonds. The average molecular weight is 273 g/mol. The van der Waals surface area contributed by atoms with Gasteiger partial charge in [0.25, 0.3) is 0 Å². The maximum absolute atomic E-state index is 4.77. The number of anilines is 1. The summed E-state index contributed by atoms with van der Waals surface area (Å²) in [4.78, 5) is 6.96. The van der Waals surface area contributed by atoms with Crippen LogP contribution in [0.25, 0.3) is 0 Å². The zero-order chi connectivity index (χ0) is 14.8. The minimum Gasteiger partial charge on any atom is -0.349 e. The van der Waals surface area contributed by atoms with Gasteiger partial charge in [0.1, 0.15) is 5.82 Å². The Morgan fingerprint density at radius 2 is 1.90 bits per heavy atom. The molecule has 110 valence electrons. The van der Waals surface area contributed by atoms with E-state index in [1.54, 1.807) is 0 Å². The lowest BCUT2D eigenvalue weighted by Gasteiger charge is -2.22. The van der Waals surface area contributed by atoms with E-state index in [0.717, 1.165) is 50.5 Å². The SMILES string of the molecule is C=CCN(CC=C)c1cc(CNCC)cc(CCC)n1. The molecule has 3 nitrogen and oxygen atoms in total. The highest BCUT2D eigenvalue weighted by Crippen LogP contribution is 2.16. The molecule has 20 heavy (non-hydrogen) atoms. The van der Waals surface area contributed by atoms with Crippen LogP contribution in [-0.4, -0.2) is 24.6 Å². The molecule has 0 atom stereocenters. The molecule has 0 aliphatic heterocycles. The second-order valence-electron chi connectivity index (χ2n) is 4.84. The Hall–Kier alpha value is -1.61. The standard InChI is InChI=1S/C17H27N3/c1-5-9-16-12-15(14-18-8-4)13-17(19-16)20(10-6-2)11-7-3/h6-7,12-13,18H,2-3,5,8-11,14H2,1,4H3. The van der Waals surface area contributed by atoms with Gasteiger partial charge < -0.3 is 10.2 Å². The van der Waals surface area contributed by atoms with E-state index in [2.05, 4.69) is 49.4 Å². The van der Waals surface area contributed by atoms with Crippen LogP contribution in [-0.2, 0) is 13.0 Å². The van der Waals surface area contributed by atoms with E-state index >= 15 is 0 Å². The van der Waals surface area contributed by atoms with Crippen LogP contribution in [0.2, 0.25) is 0 Å². The second-order valence-corrected chi connectivity index (χ2v) is 4.84. The summed E-state index contributed by atoms with van der Waals surface area (Å²) in [5, 5.41) is 3.38. The Morgan fingerprint density at radius 1 is 1.20 bits per heavy atom. The minimum absolute atomic E-state index is 0.787. The number of nitrogens with zero attached hydrogens (tertiary/aromatic N) is 2. The maximum atomic E-state index is 4.77. The molecule has 0 bridgehead atoms. The molecule has 3 heteroatoms. The van der Waals surface area contributed by atoms with Crippen LogP contribution in [0.5, 0.6) is 0 Å². The van der Waals surface area contributed by atoms with Crippen molar-refractivity contribution in [3.05, 3.63) is 48.7 Å². The first kappa shape index (κ1) is 16.4. The van der Waals surface area contributed by atoms with E-state index in [9.17, 15) is 0 Å². The van der Waals surface area contributed by atoms with Crippen molar-refractivity contribution in [2.45, 2.75) is 33.2 Å². The average Bonchev–Trinajstić information content (AvgIpc) is 2.45. The normalized spacial score (nSPS) is 10.3. The van der Waals surface area contributed by atoms with Crippen LogP contribution in [0.3, 0.4) is 0 Å². The van der Waals surface area contributed by atoms with Crippen LogP contribution in [0.4, 0.5) is 5.82 Å². The third-order valence-corrected chi connectivity index (χ3v) is 3.03. The fourth-order valence-corrected chi connectivity index (χ4v) is 2.12. The molecule has 1 heterocycles. The Kier molecular flexibility index (Phi) is 7.66. The van der Waals surface area contributed by atoms with E-state index < -0.39 is 0 Å². The number of pyridine rings is 1. The Bertz CT molecular complexity index is 416. The van der Waals surface area contributed by atoms with Crippen molar-refractivity contribution < 1.29 is 0 Å². The summed E-state index contributed by atoms with van der Waals surface area (Å²) in [6.45, 7) is 15.4. The number of aryl methyl sites for hydroxylation is 1. The van der Waals surface area contributed by atoms with Crippen molar-refractivity contribution in [3.8, 4) is 0 Å². The highest BCUT2D eigenvalue weighted by molar-refractivity contribution is 5.44. The fraction of sp³-hybridized carbons (Fsp3) is 0.471. The molecule has 0 spiro atoms. The molecule has 0 unspecified atom stereocenters. The zero-order valence-electron chi connectivity index (χ0n) is 12.9. The monoisotopic (exact) mass is 273 g/mol. The lowest BCUT2D eigenvalue weighted by Crippen LogP contribution is -2.25. The van der Waals surface area contributed by atoms with Gasteiger partial charge in [0.15, 0.2) is 0 Å². The summed E-state index contributed by atoms with van der Waals surface area (Å²) in [5.74, 6) is 1.02. The van der Waals surface area contributed by atoms with Gasteiger partial charge in [-0.15, -0.1) is 13.2 Å². The third-order valence-electron chi connectivity index (χ3n) is 3.03. The first-order valence-corrected chi connectivity index (χ1v) is 7.42. The minimum atomic E-state index is 0.787. The summed E-state index contributed by atoms with van der Waals surface area (Å²) < 4.78 is 0. The molecule has 1 aromatic rings. The van der Waals surface area contributed by atoms with E-state index in [4.69, 9.17) is 4.98 Å². The van der Waals surface area contributed by atoms with Crippen molar-refractivity contribution in [1.29, 1.82) is 0 Å². The number of hydrogen-bond donors (Lipinski definition) is 1. The molecule has 0 aliphatic carbocycles. The predicted octanol–water partition coefficient (Wildman–Crippen LogP) is 3.32. The molecule has 1 N–H and O–H groups in total. The van der Waals surface area contributed by atoms with Gasteiger partial charge in [0, 0.05) is 25.3 Å². The second kappa shape index (κ2) is 9.32. The van der Waals surface area contributed by atoms with E-state index in [1.165, 1.54) is 5.56 Å². The van der Waals surface area contributed by atoms with Gasteiger partial charge in [-0.1, -0.05) is 32.4 Å². The molecule has 0 fully saturated rings. The van der Waals surface area contributed by atoms with Crippen molar-refractivity contribution in [1.82, 2.24) is 10.3 Å². The maximum Gasteiger partial charge on any atom is 0.129 e. The lowest BCUT2D eigenvalue weighted by atomic mass is 10.1. The number of aromatic nitrogens is 1. The van der Waals surface area contributed by atoms with Crippen molar-refractivity contribution in [2.75, 3.05) is 24.5 Å². The topological polar surface area (TPSA) is 28.2 Å². The summed E-state index contributed by atoms with van der Waals surface area (Å²) in [5.41, 5.74) is 2.45. The number of hydrogen-bond acceptors (Lipinski definition) is 3. The Labute approximate surface area is 123 Å². The lowest BCUT2D eigenvalue weighted by molar-refractivity contribution is 0.722. The highest BCUT2D eigenvalue weighted by atomic mass is 15.2. The van der Waals surface area contributed by atoms with Gasteiger partial charge in [-0.2, -0.15) is 0 Å². The van der Waals surface area contributed by atoms with Gasteiger partial charge in [-0.05, 0) is 30.7 Å². The predicted molar refractivity (Wildman–Crippen MR) is 88.2 cm³/mol. The number of rotatable bonds is 10. The largest absolute Gasteiger partial charge is 0.349 e. The van der Waals surface area contributed by atoms with E-state index in [1.807, 2.05) is 12.2 Å². The van der Waals surface area contributed by atoms with E-state index in [0.29, 0.717) is 0 Å². The molecular weight excluding hydrogens is 246 g/mol. The first-order chi connectivity index (χ1) is 9.74. The molecule has 0 saturated heterocycles. The van der Waals surface area contributed by atoms with Gasteiger partial charge in [0.2, 0.25) is 0 Å².